The Morgan fingerprint density at radius 3 is 2.46 bits per heavy atom. The second-order valence-corrected chi connectivity index (χ2v) is 7.19. The molecule has 0 fully saturated rings. The zero-order valence-electron chi connectivity index (χ0n) is 17.0. The van der Waals surface area contributed by atoms with Crippen LogP contribution in [-0.2, 0) is 13.0 Å². The Morgan fingerprint density at radius 2 is 1.75 bits per heavy atom. The number of urea groups is 1. The molecule has 1 heterocycles. The van der Waals surface area contributed by atoms with E-state index in [9.17, 15) is 4.79 Å². The van der Waals surface area contributed by atoms with Crippen LogP contribution in [-0.4, -0.2) is 22.4 Å². The lowest BCUT2D eigenvalue weighted by Crippen LogP contribution is -2.36. The van der Waals surface area contributed by atoms with Gasteiger partial charge in [0.15, 0.2) is 0 Å². The number of carbonyl (C=O) groups is 1. The molecule has 0 aliphatic rings. The van der Waals surface area contributed by atoms with Crippen LogP contribution < -0.4 is 10.6 Å². The van der Waals surface area contributed by atoms with Crippen molar-refractivity contribution in [3.8, 4) is 5.69 Å². The summed E-state index contributed by atoms with van der Waals surface area (Å²) in [5, 5.41) is 10.5. The van der Waals surface area contributed by atoms with Crippen LogP contribution in [0, 0.1) is 27.7 Å². The van der Waals surface area contributed by atoms with Gasteiger partial charge in [0.25, 0.3) is 0 Å². The predicted octanol–water partition coefficient (Wildman–Crippen LogP) is 4.15. The van der Waals surface area contributed by atoms with Gasteiger partial charge < -0.3 is 10.6 Å². The lowest BCUT2D eigenvalue weighted by Gasteiger charge is -2.10. The van der Waals surface area contributed by atoms with Crippen molar-refractivity contribution in [2.24, 2.45) is 0 Å². The average molecular weight is 377 g/mol. The molecule has 0 saturated carbocycles. The zero-order chi connectivity index (χ0) is 20.1. The third-order valence-electron chi connectivity index (χ3n) is 5.05. The maximum atomic E-state index is 12.2. The minimum Gasteiger partial charge on any atom is -0.338 e. The zero-order valence-corrected chi connectivity index (χ0v) is 17.0. The lowest BCUT2D eigenvalue weighted by atomic mass is 10.0. The van der Waals surface area contributed by atoms with E-state index in [1.54, 1.807) is 0 Å². The predicted molar refractivity (Wildman–Crippen MR) is 113 cm³/mol. The van der Waals surface area contributed by atoms with Crippen LogP contribution >= 0.6 is 0 Å². The van der Waals surface area contributed by atoms with Crippen LogP contribution in [0.25, 0.3) is 5.69 Å². The topological polar surface area (TPSA) is 59.0 Å². The van der Waals surface area contributed by atoms with Crippen molar-refractivity contribution in [2.45, 2.75) is 40.7 Å². The number of nitrogens with one attached hydrogen (secondary N) is 2. The van der Waals surface area contributed by atoms with E-state index < -0.39 is 0 Å². The van der Waals surface area contributed by atoms with Gasteiger partial charge in [0, 0.05) is 24.3 Å². The molecule has 0 aliphatic carbocycles. The molecule has 0 spiro atoms. The van der Waals surface area contributed by atoms with Crippen molar-refractivity contribution in [1.82, 2.24) is 20.4 Å². The van der Waals surface area contributed by atoms with Gasteiger partial charge in [0.2, 0.25) is 0 Å². The Balaban J connectivity index is 1.54. The highest BCUT2D eigenvalue weighted by atomic mass is 16.2. The molecule has 0 unspecified atom stereocenters. The highest BCUT2D eigenvalue weighted by molar-refractivity contribution is 5.73. The van der Waals surface area contributed by atoms with Gasteiger partial charge in [-0.25, -0.2) is 9.48 Å². The molecule has 28 heavy (non-hydrogen) atoms. The fourth-order valence-electron chi connectivity index (χ4n) is 3.42. The second kappa shape index (κ2) is 8.74. The first kappa shape index (κ1) is 19.7. The summed E-state index contributed by atoms with van der Waals surface area (Å²) in [6.45, 7) is 9.27. The molecule has 0 bridgehead atoms. The van der Waals surface area contributed by atoms with E-state index in [1.807, 2.05) is 48.9 Å². The molecule has 5 nitrogen and oxygen atoms in total. The van der Waals surface area contributed by atoms with Crippen molar-refractivity contribution < 1.29 is 4.79 Å². The highest BCUT2D eigenvalue weighted by Crippen LogP contribution is 2.17. The van der Waals surface area contributed by atoms with Crippen LogP contribution in [0.4, 0.5) is 4.79 Å². The summed E-state index contributed by atoms with van der Waals surface area (Å²) in [5.41, 5.74) is 7.83. The number of nitrogens with zero attached hydrogens (tertiary/aromatic N) is 2. The van der Waals surface area contributed by atoms with Gasteiger partial charge in [-0.1, -0.05) is 42.0 Å². The summed E-state index contributed by atoms with van der Waals surface area (Å²) in [7, 11) is 0. The molecule has 3 rings (SSSR count). The quantitative estimate of drug-likeness (QED) is 0.679. The van der Waals surface area contributed by atoms with Crippen molar-refractivity contribution in [1.29, 1.82) is 0 Å². The van der Waals surface area contributed by atoms with Gasteiger partial charge in [-0.05, 0) is 57.4 Å². The molecular formula is C23H28N4O. The summed E-state index contributed by atoms with van der Waals surface area (Å²) in [6, 6.07) is 16.3. The van der Waals surface area contributed by atoms with Gasteiger partial charge in [0.05, 0.1) is 11.4 Å². The van der Waals surface area contributed by atoms with E-state index in [-0.39, 0.29) is 6.03 Å². The molecule has 2 amide bonds. The van der Waals surface area contributed by atoms with Crippen molar-refractivity contribution in [2.75, 3.05) is 6.54 Å². The van der Waals surface area contributed by atoms with Gasteiger partial charge in [-0.2, -0.15) is 5.10 Å². The van der Waals surface area contributed by atoms with Crippen molar-refractivity contribution >= 4 is 6.03 Å². The van der Waals surface area contributed by atoms with E-state index in [0.717, 1.165) is 29.1 Å². The first-order chi connectivity index (χ1) is 13.5. The Kier molecular flexibility index (Phi) is 6.14. The number of rotatable bonds is 6. The van der Waals surface area contributed by atoms with E-state index in [4.69, 9.17) is 0 Å². The molecule has 146 valence electrons. The van der Waals surface area contributed by atoms with Crippen molar-refractivity contribution in [3.05, 3.63) is 82.2 Å². The van der Waals surface area contributed by atoms with Gasteiger partial charge in [0.1, 0.15) is 0 Å². The number of aryl methyl sites for hydroxylation is 3. The van der Waals surface area contributed by atoms with E-state index in [1.165, 1.54) is 16.7 Å². The number of amides is 2. The van der Waals surface area contributed by atoms with Crippen LogP contribution in [0.15, 0.2) is 48.5 Å². The van der Waals surface area contributed by atoms with Gasteiger partial charge in [-0.15, -0.1) is 0 Å². The summed E-state index contributed by atoms with van der Waals surface area (Å²) in [4.78, 5) is 12.2. The first-order valence-corrected chi connectivity index (χ1v) is 9.64. The fraction of sp³-hybridized carbons (Fsp3) is 0.304. The molecule has 3 aromatic rings. The number of carbonyl (C=O) groups excluding carboxylic acids is 1. The van der Waals surface area contributed by atoms with E-state index >= 15 is 0 Å². The average Bonchev–Trinajstić information content (AvgIpc) is 2.96. The van der Waals surface area contributed by atoms with Crippen LogP contribution in [0.3, 0.4) is 0 Å². The second-order valence-electron chi connectivity index (χ2n) is 7.19. The molecule has 2 N–H and O–H groups in total. The number of hydrogen-bond donors (Lipinski definition) is 2. The standard InChI is InChI=1S/C23H28N4O/c1-16-10-11-20(17(2)14-16)12-13-24-23(28)25-15-22-18(3)26-27(19(22)4)21-8-6-5-7-9-21/h5-11,14H,12-13,15H2,1-4H3,(H2,24,25,28). The monoisotopic (exact) mass is 376 g/mol. The number of para-hydroxylation sites is 1. The molecule has 2 aromatic carbocycles. The molecule has 1 aromatic heterocycles. The third kappa shape index (κ3) is 4.60. The molecule has 0 radical (unpaired) electrons. The summed E-state index contributed by atoms with van der Waals surface area (Å²) < 4.78 is 1.92. The molecular weight excluding hydrogens is 348 g/mol. The number of benzene rings is 2. The minimum absolute atomic E-state index is 0.156. The van der Waals surface area contributed by atoms with Gasteiger partial charge >= 0.3 is 6.03 Å². The summed E-state index contributed by atoms with van der Waals surface area (Å²) in [6.07, 6.45) is 0.823. The molecule has 0 aliphatic heterocycles. The van der Waals surface area contributed by atoms with Crippen molar-refractivity contribution in [3.63, 3.8) is 0 Å². The van der Waals surface area contributed by atoms with Crippen LogP contribution in [0.1, 0.15) is 33.6 Å². The normalized spacial score (nSPS) is 10.7. The maximum absolute atomic E-state index is 12.2. The van der Waals surface area contributed by atoms with Crippen LogP contribution in [0.2, 0.25) is 0 Å². The Hall–Kier alpha value is -3.08. The van der Waals surface area contributed by atoms with E-state index in [0.29, 0.717) is 13.1 Å². The number of hydrogen-bond acceptors (Lipinski definition) is 2. The fourth-order valence-corrected chi connectivity index (χ4v) is 3.42. The largest absolute Gasteiger partial charge is 0.338 e. The maximum Gasteiger partial charge on any atom is 0.315 e. The van der Waals surface area contributed by atoms with Crippen LogP contribution in [0.5, 0.6) is 0 Å². The minimum atomic E-state index is -0.156. The number of aromatic nitrogens is 2. The lowest BCUT2D eigenvalue weighted by molar-refractivity contribution is 0.240. The van der Waals surface area contributed by atoms with E-state index in [2.05, 4.69) is 47.8 Å². The molecule has 5 heteroatoms. The smallest absolute Gasteiger partial charge is 0.315 e. The third-order valence-corrected chi connectivity index (χ3v) is 5.05. The molecule has 0 atom stereocenters. The molecule has 0 saturated heterocycles. The summed E-state index contributed by atoms with van der Waals surface area (Å²) >= 11 is 0. The Labute approximate surface area is 166 Å². The Morgan fingerprint density at radius 1 is 1.00 bits per heavy atom. The van der Waals surface area contributed by atoms with Gasteiger partial charge in [-0.3, -0.25) is 0 Å². The highest BCUT2D eigenvalue weighted by Gasteiger charge is 2.13. The Bertz CT molecular complexity index is 960. The SMILES string of the molecule is Cc1ccc(CCNC(=O)NCc2c(C)nn(-c3ccccc3)c2C)c(C)c1. The first-order valence-electron chi connectivity index (χ1n) is 9.64. The summed E-state index contributed by atoms with van der Waals surface area (Å²) in [5.74, 6) is 0.